The minimum atomic E-state index is -0.282. The zero-order valence-corrected chi connectivity index (χ0v) is 15.4. The van der Waals surface area contributed by atoms with E-state index in [1.807, 2.05) is 6.07 Å². The van der Waals surface area contributed by atoms with Crippen molar-refractivity contribution in [1.82, 2.24) is 4.90 Å². The van der Waals surface area contributed by atoms with E-state index in [1.165, 1.54) is 30.5 Å². The SMILES string of the molecule is CC(C)c1cc(O)c2c(c1)OC(C)(C)C1=C2CN(CC2CC2)CC1. The first-order valence-corrected chi connectivity index (χ1v) is 9.36. The summed E-state index contributed by atoms with van der Waals surface area (Å²) in [5.41, 5.74) is 4.47. The lowest BCUT2D eigenvalue weighted by molar-refractivity contribution is 0.129. The fourth-order valence-electron chi connectivity index (χ4n) is 4.21. The first-order valence-electron chi connectivity index (χ1n) is 9.36. The molecule has 1 aliphatic carbocycles. The molecule has 1 aromatic rings. The van der Waals surface area contributed by atoms with Crippen LogP contribution in [0.3, 0.4) is 0 Å². The van der Waals surface area contributed by atoms with E-state index in [1.54, 1.807) is 0 Å². The lowest BCUT2D eigenvalue weighted by atomic mass is 9.81. The smallest absolute Gasteiger partial charge is 0.132 e. The van der Waals surface area contributed by atoms with Gasteiger partial charge in [0.1, 0.15) is 17.1 Å². The van der Waals surface area contributed by atoms with Crippen molar-refractivity contribution in [2.75, 3.05) is 19.6 Å². The summed E-state index contributed by atoms with van der Waals surface area (Å²) in [7, 11) is 0. The fourth-order valence-corrected chi connectivity index (χ4v) is 4.21. The highest BCUT2D eigenvalue weighted by molar-refractivity contribution is 5.82. The number of phenolic OH excluding ortho intramolecular Hbond substituents is 1. The summed E-state index contributed by atoms with van der Waals surface area (Å²) in [6, 6.07) is 4.06. The second-order valence-electron chi connectivity index (χ2n) is 8.57. The number of phenols is 1. The van der Waals surface area contributed by atoms with Gasteiger partial charge in [0, 0.05) is 19.6 Å². The number of benzene rings is 1. The van der Waals surface area contributed by atoms with Gasteiger partial charge in [-0.2, -0.15) is 0 Å². The Balaban J connectivity index is 1.77. The largest absolute Gasteiger partial charge is 0.507 e. The van der Waals surface area contributed by atoms with Crippen molar-refractivity contribution in [2.24, 2.45) is 5.92 Å². The molecule has 1 N–H and O–H groups in total. The lowest BCUT2D eigenvalue weighted by Gasteiger charge is -2.42. The van der Waals surface area contributed by atoms with E-state index < -0.39 is 0 Å². The van der Waals surface area contributed by atoms with Crippen LogP contribution in [0.25, 0.3) is 5.57 Å². The molecule has 0 aromatic heterocycles. The Hall–Kier alpha value is -1.48. The standard InChI is InChI=1S/C21H29NO2/c1-13(2)15-9-18(23)20-16-12-22(11-14-5-6-14)8-7-17(16)21(3,4)24-19(20)10-15/h9-10,13-14,23H,5-8,11-12H2,1-4H3. The van der Waals surface area contributed by atoms with E-state index >= 15 is 0 Å². The molecule has 3 aliphatic rings. The predicted molar refractivity (Wildman–Crippen MR) is 97.6 cm³/mol. The lowest BCUT2D eigenvalue weighted by Crippen LogP contribution is -2.42. The van der Waals surface area contributed by atoms with Gasteiger partial charge in [0.05, 0.1) is 5.56 Å². The highest BCUT2D eigenvalue weighted by Crippen LogP contribution is 2.49. The van der Waals surface area contributed by atoms with Gasteiger partial charge in [0.15, 0.2) is 0 Å². The van der Waals surface area contributed by atoms with E-state index in [0.29, 0.717) is 11.7 Å². The highest BCUT2D eigenvalue weighted by Gasteiger charge is 2.39. The minimum Gasteiger partial charge on any atom is -0.507 e. The van der Waals surface area contributed by atoms with Crippen LogP contribution in [0.5, 0.6) is 11.5 Å². The molecule has 0 amide bonds. The molecule has 0 unspecified atom stereocenters. The molecule has 2 heterocycles. The second kappa shape index (κ2) is 5.52. The summed E-state index contributed by atoms with van der Waals surface area (Å²) in [4.78, 5) is 2.57. The Kier molecular flexibility index (Phi) is 3.68. The topological polar surface area (TPSA) is 32.7 Å². The number of rotatable bonds is 3. The maximum absolute atomic E-state index is 10.7. The summed E-state index contributed by atoms with van der Waals surface area (Å²) in [6.07, 6.45) is 3.81. The first kappa shape index (κ1) is 16.0. The molecule has 0 spiro atoms. The van der Waals surface area contributed by atoms with E-state index in [4.69, 9.17) is 4.74 Å². The van der Waals surface area contributed by atoms with Crippen LogP contribution in [0.15, 0.2) is 17.7 Å². The molecule has 0 bridgehead atoms. The van der Waals surface area contributed by atoms with Gasteiger partial charge in [-0.3, -0.25) is 4.90 Å². The van der Waals surface area contributed by atoms with Crippen molar-refractivity contribution in [2.45, 2.75) is 58.5 Å². The van der Waals surface area contributed by atoms with Crippen molar-refractivity contribution in [3.63, 3.8) is 0 Å². The van der Waals surface area contributed by atoms with Crippen LogP contribution >= 0.6 is 0 Å². The fraction of sp³-hybridized carbons (Fsp3) is 0.619. The Morgan fingerprint density at radius 1 is 1.29 bits per heavy atom. The third kappa shape index (κ3) is 2.73. The van der Waals surface area contributed by atoms with Gasteiger partial charge < -0.3 is 9.84 Å². The summed E-state index contributed by atoms with van der Waals surface area (Å²) in [6.45, 7) is 11.9. The van der Waals surface area contributed by atoms with Crippen LogP contribution in [0.1, 0.15) is 64.0 Å². The Morgan fingerprint density at radius 2 is 2.04 bits per heavy atom. The van der Waals surface area contributed by atoms with Crippen molar-refractivity contribution < 1.29 is 9.84 Å². The van der Waals surface area contributed by atoms with Crippen LogP contribution in [0.2, 0.25) is 0 Å². The Morgan fingerprint density at radius 3 is 2.71 bits per heavy atom. The van der Waals surface area contributed by atoms with E-state index in [0.717, 1.165) is 42.3 Å². The first-order chi connectivity index (χ1) is 11.3. The zero-order chi connectivity index (χ0) is 17.1. The molecule has 1 fully saturated rings. The molecule has 2 aliphatic heterocycles. The molecule has 3 nitrogen and oxygen atoms in total. The van der Waals surface area contributed by atoms with Crippen molar-refractivity contribution in [3.05, 3.63) is 28.8 Å². The second-order valence-corrected chi connectivity index (χ2v) is 8.57. The van der Waals surface area contributed by atoms with E-state index in [2.05, 4.69) is 38.7 Å². The third-order valence-corrected chi connectivity index (χ3v) is 5.80. The van der Waals surface area contributed by atoms with Crippen molar-refractivity contribution >= 4 is 5.57 Å². The van der Waals surface area contributed by atoms with Crippen molar-refractivity contribution in [3.8, 4) is 11.5 Å². The van der Waals surface area contributed by atoms with Crippen LogP contribution in [-0.4, -0.2) is 35.2 Å². The number of ether oxygens (including phenoxy) is 1. The maximum atomic E-state index is 10.7. The number of hydrogen-bond acceptors (Lipinski definition) is 3. The molecule has 0 saturated heterocycles. The van der Waals surface area contributed by atoms with Gasteiger partial charge in [-0.05, 0) is 73.8 Å². The van der Waals surface area contributed by atoms with Crippen LogP contribution in [0.4, 0.5) is 0 Å². The van der Waals surface area contributed by atoms with Crippen molar-refractivity contribution in [1.29, 1.82) is 0 Å². The Labute approximate surface area is 145 Å². The molecule has 130 valence electrons. The van der Waals surface area contributed by atoms with Crippen LogP contribution in [-0.2, 0) is 0 Å². The van der Waals surface area contributed by atoms with Crippen LogP contribution < -0.4 is 4.74 Å². The van der Waals surface area contributed by atoms with Gasteiger partial charge in [-0.1, -0.05) is 13.8 Å². The van der Waals surface area contributed by atoms with Crippen LogP contribution in [0, 0.1) is 5.92 Å². The summed E-state index contributed by atoms with van der Waals surface area (Å²) in [5.74, 6) is 2.51. The average molecular weight is 327 g/mol. The number of aromatic hydroxyl groups is 1. The van der Waals surface area contributed by atoms with E-state index in [9.17, 15) is 5.11 Å². The number of hydrogen-bond donors (Lipinski definition) is 1. The molecular weight excluding hydrogens is 298 g/mol. The quantitative estimate of drug-likeness (QED) is 0.883. The molecular formula is C21H29NO2. The van der Waals surface area contributed by atoms with Gasteiger partial charge >= 0.3 is 0 Å². The maximum Gasteiger partial charge on any atom is 0.132 e. The third-order valence-electron chi connectivity index (χ3n) is 5.80. The Bertz CT molecular complexity index is 698. The van der Waals surface area contributed by atoms with Gasteiger partial charge in [-0.25, -0.2) is 0 Å². The predicted octanol–water partition coefficient (Wildman–Crippen LogP) is 4.56. The molecule has 24 heavy (non-hydrogen) atoms. The highest BCUT2D eigenvalue weighted by atomic mass is 16.5. The summed E-state index contributed by atoms with van der Waals surface area (Å²) < 4.78 is 6.35. The minimum absolute atomic E-state index is 0.282. The van der Waals surface area contributed by atoms with Gasteiger partial charge in [0.2, 0.25) is 0 Å². The molecule has 1 aromatic carbocycles. The zero-order valence-electron chi connectivity index (χ0n) is 15.4. The molecule has 0 radical (unpaired) electrons. The van der Waals surface area contributed by atoms with E-state index in [-0.39, 0.29) is 5.60 Å². The average Bonchev–Trinajstić information content (AvgIpc) is 3.29. The van der Waals surface area contributed by atoms with Gasteiger partial charge in [0.25, 0.3) is 0 Å². The van der Waals surface area contributed by atoms with Gasteiger partial charge in [-0.15, -0.1) is 0 Å². The number of fused-ring (bicyclic) bond motifs is 2. The molecule has 1 saturated carbocycles. The molecule has 3 heteroatoms. The number of nitrogens with zero attached hydrogens (tertiary/aromatic N) is 1. The normalized spacial score (nSPS) is 23.0. The summed E-state index contributed by atoms with van der Waals surface area (Å²) in [5, 5.41) is 10.7. The molecule has 0 atom stereocenters. The summed E-state index contributed by atoms with van der Waals surface area (Å²) >= 11 is 0. The monoisotopic (exact) mass is 327 g/mol. The molecule has 4 rings (SSSR count).